The monoisotopic (exact) mass is 313 g/mol. The molecule has 0 aromatic rings. The second kappa shape index (κ2) is 9.82. The van der Waals surface area contributed by atoms with Crippen LogP contribution in [0.4, 0.5) is 0 Å². The maximum Gasteiger partial charge on any atom is 0.335 e. The van der Waals surface area contributed by atoms with Crippen LogP contribution in [-0.2, 0) is 19.1 Å². The molecule has 22 heavy (non-hydrogen) atoms. The Hall–Kier alpha value is -1.10. The van der Waals surface area contributed by atoms with E-state index in [2.05, 4.69) is 26.1 Å². The highest BCUT2D eigenvalue weighted by molar-refractivity contribution is 5.82. The van der Waals surface area contributed by atoms with Crippen molar-refractivity contribution in [2.45, 2.75) is 71.9 Å². The minimum atomic E-state index is -0.623. The Morgan fingerprint density at radius 3 is 2.36 bits per heavy atom. The van der Waals surface area contributed by atoms with Crippen LogP contribution < -0.4 is 5.32 Å². The third-order valence-corrected chi connectivity index (χ3v) is 4.12. The highest BCUT2D eigenvalue weighted by atomic mass is 16.6. The van der Waals surface area contributed by atoms with Crippen molar-refractivity contribution < 1.29 is 19.1 Å². The molecule has 1 atom stereocenters. The summed E-state index contributed by atoms with van der Waals surface area (Å²) in [6.07, 6.45) is 4.59. The Bertz CT molecular complexity index is 349. The first kappa shape index (κ1) is 18.9. The molecule has 5 heteroatoms. The SMILES string of the molecule is CC(C)CCOC(C)C(=O)OCC(=O)NC1CCC(C)CC1. The Kier molecular flexibility index (Phi) is 8.46. The van der Waals surface area contributed by atoms with Gasteiger partial charge in [0.05, 0.1) is 0 Å². The fourth-order valence-corrected chi connectivity index (χ4v) is 2.48. The van der Waals surface area contributed by atoms with Crippen molar-refractivity contribution in [2.24, 2.45) is 11.8 Å². The summed E-state index contributed by atoms with van der Waals surface area (Å²) in [4.78, 5) is 23.5. The summed E-state index contributed by atoms with van der Waals surface area (Å²) in [5, 5.41) is 2.93. The lowest BCUT2D eigenvalue weighted by Gasteiger charge is -2.26. The number of hydrogen-bond acceptors (Lipinski definition) is 4. The average Bonchev–Trinajstić information content (AvgIpc) is 2.46. The summed E-state index contributed by atoms with van der Waals surface area (Å²) in [7, 11) is 0. The standard InChI is InChI=1S/C17H31NO4/c1-12(2)9-10-21-14(4)17(20)22-11-16(19)18-15-7-5-13(3)6-8-15/h12-15H,5-11H2,1-4H3,(H,18,19). The molecular weight excluding hydrogens is 282 g/mol. The van der Waals surface area contributed by atoms with Gasteiger partial charge in [0.25, 0.3) is 5.91 Å². The van der Waals surface area contributed by atoms with Gasteiger partial charge in [-0.1, -0.05) is 20.8 Å². The molecule has 0 aromatic heterocycles. The van der Waals surface area contributed by atoms with Crippen LogP contribution in [0, 0.1) is 11.8 Å². The van der Waals surface area contributed by atoms with Crippen molar-refractivity contribution in [3.05, 3.63) is 0 Å². The molecule has 1 N–H and O–H groups in total. The molecule has 1 aliphatic carbocycles. The van der Waals surface area contributed by atoms with Gasteiger partial charge >= 0.3 is 5.97 Å². The van der Waals surface area contributed by atoms with Crippen molar-refractivity contribution in [1.29, 1.82) is 0 Å². The van der Waals surface area contributed by atoms with E-state index in [0.717, 1.165) is 38.0 Å². The second-order valence-electron chi connectivity index (χ2n) is 6.83. The van der Waals surface area contributed by atoms with Gasteiger partial charge < -0.3 is 14.8 Å². The van der Waals surface area contributed by atoms with Gasteiger partial charge in [-0.3, -0.25) is 4.79 Å². The molecule has 5 nitrogen and oxygen atoms in total. The molecule has 0 aliphatic heterocycles. The van der Waals surface area contributed by atoms with Crippen LogP contribution in [0.15, 0.2) is 0 Å². The van der Waals surface area contributed by atoms with Crippen LogP contribution in [-0.4, -0.2) is 37.2 Å². The van der Waals surface area contributed by atoms with Gasteiger partial charge in [0.2, 0.25) is 0 Å². The molecule has 1 rings (SSSR count). The normalized spacial score (nSPS) is 23.1. The van der Waals surface area contributed by atoms with E-state index >= 15 is 0 Å². The smallest absolute Gasteiger partial charge is 0.335 e. The zero-order valence-electron chi connectivity index (χ0n) is 14.4. The lowest BCUT2D eigenvalue weighted by atomic mass is 9.87. The summed E-state index contributed by atoms with van der Waals surface area (Å²) < 4.78 is 10.4. The van der Waals surface area contributed by atoms with Gasteiger partial charge in [-0.2, -0.15) is 0 Å². The molecule has 128 valence electrons. The first-order valence-electron chi connectivity index (χ1n) is 8.46. The van der Waals surface area contributed by atoms with E-state index in [-0.39, 0.29) is 18.6 Å². The molecular formula is C17H31NO4. The summed E-state index contributed by atoms with van der Waals surface area (Å²) in [5.41, 5.74) is 0. The maximum absolute atomic E-state index is 11.8. The molecule has 0 spiro atoms. The van der Waals surface area contributed by atoms with Crippen LogP contribution >= 0.6 is 0 Å². The van der Waals surface area contributed by atoms with Crippen LogP contribution in [0.1, 0.15) is 59.8 Å². The van der Waals surface area contributed by atoms with Crippen molar-refractivity contribution in [1.82, 2.24) is 5.32 Å². The predicted molar refractivity (Wildman–Crippen MR) is 85.4 cm³/mol. The van der Waals surface area contributed by atoms with Gasteiger partial charge in [0, 0.05) is 12.6 Å². The average molecular weight is 313 g/mol. The molecule has 1 unspecified atom stereocenters. The highest BCUT2D eigenvalue weighted by Crippen LogP contribution is 2.23. The summed E-state index contributed by atoms with van der Waals surface area (Å²) in [5.74, 6) is 0.584. The van der Waals surface area contributed by atoms with Crippen molar-refractivity contribution in [3.8, 4) is 0 Å². The van der Waals surface area contributed by atoms with Crippen molar-refractivity contribution in [3.63, 3.8) is 0 Å². The molecule has 1 amide bonds. The van der Waals surface area contributed by atoms with E-state index in [9.17, 15) is 9.59 Å². The number of rotatable bonds is 8. The van der Waals surface area contributed by atoms with Crippen LogP contribution in [0.25, 0.3) is 0 Å². The Morgan fingerprint density at radius 1 is 1.14 bits per heavy atom. The second-order valence-corrected chi connectivity index (χ2v) is 6.83. The molecule has 1 saturated carbocycles. The van der Waals surface area contributed by atoms with Gasteiger partial charge in [0.1, 0.15) is 0 Å². The van der Waals surface area contributed by atoms with E-state index in [1.807, 2.05) is 0 Å². The lowest BCUT2D eigenvalue weighted by molar-refractivity contribution is -0.159. The van der Waals surface area contributed by atoms with E-state index in [0.29, 0.717) is 12.5 Å². The summed E-state index contributed by atoms with van der Waals surface area (Å²) in [6.45, 7) is 8.40. The van der Waals surface area contributed by atoms with Gasteiger partial charge in [-0.25, -0.2) is 4.79 Å². The number of carbonyl (C=O) groups is 2. The van der Waals surface area contributed by atoms with E-state index in [1.54, 1.807) is 6.92 Å². The molecule has 0 radical (unpaired) electrons. The van der Waals surface area contributed by atoms with E-state index in [1.165, 1.54) is 0 Å². The van der Waals surface area contributed by atoms with Crippen LogP contribution in [0.5, 0.6) is 0 Å². The summed E-state index contributed by atoms with van der Waals surface area (Å²) >= 11 is 0. The minimum Gasteiger partial charge on any atom is -0.454 e. The number of ether oxygens (including phenoxy) is 2. The van der Waals surface area contributed by atoms with Crippen molar-refractivity contribution >= 4 is 11.9 Å². The van der Waals surface area contributed by atoms with Crippen LogP contribution in [0.2, 0.25) is 0 Å². The fourth-order valence-electron chi connectivity index (χ4n) is 2.48. The molecule has 0 heterocycles. The zero-order valence-corrected chi connectivity index (χ0v) is 14.4. The number of amides is 1. The largest absolute Gasteiger partial charge is 0.454 e. The van der Waals surface area contributed by atoms with Gasteiger partial charge in [-0.15, -0.1) is 0 Å². The zero-order chi connectivity index (χ0) is 16.5. The maximum atomic E-state index is 11.8. The number of nitrogens with one attached hydrogen (secondary N) is 1. The Labute approximate surface area is 134 Å². The molecule has 0 aromatic carbocycles. The van der Waals surface area contributed by atoms with Gasteiger partial charge in [-0.05, 0) is 50.9 Å². The number of esters is 1. The van der Waals surface area contributed by atoms with Gasteiger partial charge in [0.15, 0.2) is 12.7 Å². The highest BCUT2D eigenvalue weighted by Gasteiger charge is 2.21. The van der Waals surface area contributed by atoms with Crippen molar-refractivity contribution in [2.75, 3.05) is 13.2 Å². The molecule has 0 bridgehead atoms. The third-order valence-electron chi connectivity index (χ3n) is 4.12. The predicted octanol–water partition coefficient (Wildman–Crippen LogP) is 2.68. The molecule has 1 aliphatic rings. The fraction of sp³-hybridized carbons (Fsp3) is 0.882. The summed E-state index contributed by atoms with van der Waals surface area (Å²) in [6, 6.07) is 0.224. The quantitative estimate of drug-likeness (QED) is 0.700. The third kappa shape index (κ3) is 7.78. The van der Waals surface area contributed by atoms with Crippen LogP contribution in [0.3, 0.4) is 0 Å². The first-order valence-corrected chi connectivity index (χ1v) is 8.46. The Morgan fingerprint density at radius 2 is 1.77 bits per heavy atom. The number of carbonyl (C=O) groups excluding carboxylic acids is 2. The molecule has 0 saturated heterocycles. The first-order chi connectivity index (χ1) is 10.4. The topological polar surface area (TPSA) is 64.6 Å². The minimum absolute atomic E-state index is 0.219. The molecule has 1 fully saturated rings. The van der Waals surface area contributed by atoms with E-state index < -0.39 is 12.1 Å². The lowest BCUT2D eigenvalue weighted by Crippen LogP contribution is -2.40. The number of hydrogen-bond donors (Lipinski definition) is 1. The van der Waals surface area contributed by atoms with E-state index in [4.69, 9.17) is 9.47 Å². The Balaban J connectivity index is 2.15.